The molecule has 0 spiro atoms. The van der Waals surface area contributed by atoms with E-state index in [0.717, 1.165) is 29.2 Å². The Hall–Kier alpha value is -2.04. The average Bonchev–Trinajstić information content (AvgIpc) is 3.16. The molecule has 26 heavy (non-hydrogen) atoms. The molecule has 0 saturated carbocycles. The van der Waals surface area contributed by atoms with Crippen molar-refractivity contribution in [3.8, 4) is 5.75 Å². The molecule has 0 unspecified atom stereocenters. The Labute approximate surface area is 160 Å². The largest absolute Gasteiger partial charge is 0.484 e. The monoisotopic (exact) mass is 372 g/mol. The van der Waals surface area contributed by atoms with Crippen LogP contribution < -0.4 is 10.1 Å². The van der Waals surface area contributed by atoms with Crippen LogP contribution >= 0.6 is 11.6 Å². The van der Waals surface area contributed by atoms with Crippen LogP contribution in [0.25, 0.3) is 0 Å². The van der Waals surface area contributed by atoms with Crippen LogP contribution in [0.3, 0.4) is 0 Å². The van der Waals surface area contributed by atoms with Gasteiger partial charge in [0.25, 0.3) is 5.91 Å². The molecular weight excluding hydrogens is 348 g/mol. The highest BCUT2D eigenvalue weighted by molar-refractivity contribution is 6.31. The van der Waals surface area contributed by atoms with Gasteiger partial charge in [-0.2, -0.15) is 0 Å². The quantitative estimate of drug-likeness (QED) is 0.799. The first-order valence-electron chi connectivity index (χ1n) is 9.08. The Morgan fingerprint density at radius 1 is 1.19 bits per heavy atom. The molecule has 1 atom stereocenters. The van der Waals surface area contributed by atoms with E-state index < -0.39 is 0 Å². The summed E-state index contributed by atoms with van der Waals surface area (Å²) in [6.45, 7) is 4.60. The van der Waals surface area contributed by atoms with Crippen LogP contribution in [0.1, 0.15) is 30.0 Å². The minimum atomic E-state index is -0.122. The summed E-state index contributed by atoms with van der Waals surface area (Å²) in [7, 11) is 0. The predicted molar refractivity (Wildman–Crippen MR) is 105 cm³/mol. The number of hydrogen-bond donors (Lipinski definition) is 1. The lowest BCUT2D eigenvalue weighted by molar-refractivity contribution is -0.123. The predicted octanol–water partition coefficient (Wildman–Crippen LogP) is 3.98. The minimum Gasteiger partial charge on any atom is -0.484 e. The van der Waals surface area contributed by atoms with E-state index in [1.165, 1.54) is 12.8 Å². The van der Waals surface area contributed by atoms with E-state index in [9.17, 15) is 4.79 Å². The molecule has 1 N–H and O–H groups in total. The number of rotatable bonds is 7. The first-order chi connectivity index (χ1) is 12.6. The van der Waals surface area contributed by atoms with Gasteiger partial charge in [-0.25, -0.2) is 0 Å². The lowest BCUT2D eigenvalue weighted by Gasteiger charge is -2.29. The molecule has 1 amide bonds. The zero-order valence-electron chi connectivity index (χ0n) is 15.1. The Kier molecular flexibility index (Phi) is 6.53. The number of nitrogens with one attached hydrogen (secondary N) is 1. The van der Waals surface area contributed by atoms with Gasteiger partial charge in [-0.15, -0.1) is 0 Å². The summed E-state index contributed by atoms with van der Waals surface area (Å²) < 4.78 is 5.58. The molecule has 5 heteroatoms. The average molecular weight is 373 g/mol. The maximum Gasteiger partial charge on any atom is 0.258 e. The number of amides is 1. The van der Waals surface area contributed by atoms with Crippen LogP contribution in [0.4, 0.5) is 0 Å². The highest BCUT2D eigenvalue weighted by Gasteiger charge is 2.25. The fourth-order valence-electron chi connectivity index (χ4n) is 3.35. The number of nitrogens with zero attached hydrogens (tertiary/aromatic N) is 1. The van der Waals surface area contributed by atoms with Crippen molar-refractivity contribution >= 4 is 17.5 Å². The van der Waals surface area contributed by atoms with Crippen molar-refractivity contribution < 1.29 is 9.53 Å². The maximum atomic E-state index is 12.2. The van der Waals surface area contributed by atoms with Crippen LogP contribution in [0.2, 0.25) is 5.02 Å². The summed E-state index contributed by atoms with van der Waals surface area (Å²) in [5, 5.41) is 3.75. The summed E-state index contributed by atoms with van der Waals surface area (Å²) >= 11 is 6.40. The highest BCUT2D eigenvalue weighted by Crippen LogP contribution is 2.29. The third-order valence-electron chi connectivity index (χ3n) is 4.70. The molecular formula is C21H25ClN2O2. The van der Waals surface area contributed by atoms with E-state index in [4.69, 9.17) is 16.3 Å². The Balaban J connectivity index is 1.58. The molecule has 1 aliphatic heterocycles. The molecule has 0 aliphatic carbocycles. The molecule has 138 valence electrons. The zero-order chi connectivity index (χ0) is 18.4. The number of benzene rings is 2. The molecule has 0 bridgehead atoms. The summed E-state index contributed by atoms with van der Waals surface area (Å²) in [5.74, 6) is 0.588. The van der Waals surface area contributed by atoms with E-state index in [1.807, 2.05) is 55.5 Å². The van der Waals surface area contributed by atoms with Gasteiger partial charge in [0.2, 0.25) is 0 Å². The fraction of sp³-hybridized carbons (Fsp3) is 0.381. The van der Waals surface area contributed by atoms with Crippen LogP contribution in [0.15, 0.2) is 48.5 Å². The van der Waals surface area contributed by atoms with Crippen molar-refractivity contribution in [3.05, 3.63) is 64.7 Å². The van der Waals surface area contributed by atoms with Gasteiger partial charge in [0.1, 0.15) is 5.75 Å². The van der Waals surface area contributed by atoms with Gasteiger partial charge in [-0.05, 0) is 62.2 Å². The Morgan fingerprint density at radius 2 is 1.96 bits per heavy atom. The van der Waals surface area contributed by atoms with E-state index in [0.29, 0.717) is 12.3 Å². The summed E-state index contributed by atoms with van der Waals surface area (Å²) in [4.78, 5) is 14.6. The van der Waals surface area contributed by atoms with E-state index in [-0.39, 0.29) is 18.6 Å². The van der Waals surface area contributed by atoms with Gasteiger partial charge >= 0.3 is 0 Å². The zero-order valence-corrected chi connectivity index (χ0v) is 15.8. The highest BCUT2D eigenvalue weighted by atomic mass is 35.5. The molecule has 4 nitrogen and oxygen atoms in total. The van der Waals surface area contributed by atoms with Crippen LogP contribution in [0.5, 0.6) is 5.75 Å². The topological polar surface area (TPSA) is 41.6 Å². The van der Waals surface area contributed by atoms with Gasteiger partial charge in [0, 0.05) is 11.6 Å². The molecule has 0 aromatic heterocycles. The number of carbonyl (C=O) groups is 1. The number of hydrogen-bond acceptors (Lipinski definition) is 3. The second-order valence-corrected chi connectivity index (χ2v) is 7.10. The van der Waals surface area contributed by atoms with Crippen LogP contribution in [-0.4, -0.2) is 37.0 Å². The number of likely N-dealkylation sites (tertiary alicyclic amines) is 1. The maximum absolute atomic E-state index is 12.2. The Morgan fingerprint density at radius 3 is 2.69 bits per heavy atom. The van der Waals surface area contributed by atoms with Crippen molar-refractivity contribution in [2.75, 3.05) is 26.2 Å². The number of ether oxygens (including phenoxy) is 1. The second-order valence-electron chi connectivity index (χ2n) is 6.69. The minimum absolute atomic E-state index is 0.0126. The Bertz CT molecular complexity index is 744. The smallest absolute Gasteiger partial charge is 0.258 e. The standard InChI is InChI=1S/C21H25ClN2O2/c1-16-7-6-8-17(13-16)26-15-21(25)23-14-20(24-11-4-5-12-24)18-9-2-3-10-19(18)22/h2-3,6-10,13,20H,4-5,11-12,14-15H2,1H3,(H,23,25)/t20-/m1/s1. The normalized spacial score (nSPS) is 15.6. The van der Waals surface area contributed by atoms with Crippen molar-refractivity contribution in [2.45, 2.75) is 25.8 Å². The SMILES string of the molecule is Cc1cccc(OCC(=O)NC[C@H](c2ccccc2Cl)N2CCCC2)c1. The molecule has 0 radical (unpaired) electrons. The van der Waals surface area contributed by atoms with E-state index >= 15 is 0 Å². The fourth-order valence-corrected chi connectivity index (χ4v) is 3.61. The second kappa shape index (κ2) is 9.06. The summed E-state index contributed by atoms with van der Waals surface area (Å²) in [5.41, 5.74) is 2.17. The van der Waals surface area contributed by atoms with Gasteiger partial charge in [-0.1, -0.05) is 41.9 Å². The van der Waals surface area contributed by atoms with Crippen molar-refractivity contribution in [1.29, 1.82) is 0 Å². The first kappa shape index (κ1) is 18.7. The van der Waals surface area contributed by atoms with Gasteiger partial charge < -0.3 is 10.1 Å². The lowest BCUT2D eigenvalue weighted by atomic mass is 10.1. The third kappa shape index (κ3) is 4.99. The van der Waals surface area contributed by atoms with Crippen LogP contribution in [0, 0.1) is 6.92 Å². The van der Waals surface area contributed by atoms with Crippen molar-refractivity contribution in [2.24, 2.45) is 0 Å². The number of halogens is 1. The van der Waals surface area contributed by atoms with Crippen molar-refractivity contribution in [3.63, 3.8) is 0 Å². The molecule has 1 aliphatic rings. The third-order valence-corrected chi connectivity index (χ3v) is 5.04. The summed E-state index contributed by atoms with van der Waals surface area (Å²) in [6, 6.07) is 15.7. The molecule has 1 saturated heterocycles. The van der Waals surface area contributed by atoms with E-state index in [2.05, 4.69) is 10.2 Å². The van der Waals surface area contributed by atoms with Crippen LogP contribution in [-0.2, 0) is 4.79 Å². The summed E-state index contributed by atoms with van der Waals surface area (Å²) in [6.07, 6.45) is 2.37. The molecule has 3 rings (SSSR count). The lowest BCUT2D eigenvalue weighted by Crippen LogP contribution is -2.38. The molecule has 2 aromatic carbocycles. The number of carbonyl (C=O) groups excluding carboxylic acids is 1. The van der Waals surface area contributed by atoms with Gasteiger partial charge in [-0.3, -0.25) is 9.69 Å². The molecule has 1 heterocycles. The molecule has 1 fully saturated rings. The van der Waals surface area contributed by atoms with Gasteiger partial charge in [0.05, 0.1) is 6.04 Å². The number of aryl methyl sites for hydroxylation is 1. The van der Waals surface area contributed by atoms with Gasteiger partial charge in [0.15, 0.2) is 6.61 Å². The molecule has 2 aromatic rings. The first-order valence-corrected chi connectivity index (χ1v) is 9.46. The van der Waals surface area contributed by atoms with E-state index in [1.54, 1.807) is 0 Å². The van der Waals surface area contributed by atoms with Crippen molar-refractivity contribution in [1.82, 2.24) is 10.2 Å².